The minimum atomic E-state index is -0.124. The van der Waals surface area contributed by atoms with Gasteiger partial charge in [0.05, 0.1) is 5.56 Å². The molecule has 1 heterocycles. The Labute approximate surface area is 125 Å². The number of hydrogen-bond donors (Lipinski definition) is 1. The first kappa shape index (κ1) is 14.0. The lowest BCUT2D eigenvalue weighted by atomic mass is 10.1. The molecule has 19 heavy (non-hydrogen) atoms. The van der Waals surface area contributed by atoms with Gasteiger partial charge in [0.1, 0.15) is 0 Å². The lowest BCUT2D eigenvalue weighted by Crippen LogP contribution is -2.25. The summed E-state index contributed by atoms with van der Waals surface area (Å²) in [4.78, 5) is 15.7. The first-order valence-electron chi connectivity index (χ1n) is 5.79. The monoisotopic (exact) mass is 338 g/mol. The molecular weight excluding hydrogens is 328 g/mol. The number of nitrogens with one attached hydrogen (secondary N) is 1. The van der Waals surface area contributed by atoms with Gasteiger partial charge in [0, 0.05) is 28.4 Å². The van der Waals surface area contributed by atoms with Gasteiger partial charge in [-0.1, -0.05) is 33.6 Å². The molecule has 3 nitrogen and oxygen atoms in total. The Bertz CT molecular complexity index is 575. The molecule has 1 aromatic carbocycles. The lowest BCUT2D eigenvalue weighted by Gasteiger charge is -2.07. The summed E-state index contributed by atoms with van der Waals surface area (Å²) >= 11 is 9.47. The third kappa shape index (κ3) is 4.04. The van der Waals surface area contributed by atoms with E-state index in [0.29, 0.717) is 23.6 Å². The molecule has 0 fully saturated rings. The van der Waals surface area contributed by atoms with Crippen LogP contribution in [0.5, 0.6) is 0 Å². The molecule has 0 saturated carbocycles. The van der Waals surface area contributed by atoms with Gasteiger partial charge >= 0.3 is 0 Å². The minimum Gasteiger partial charge on any atom is -0.352 e. The summed E-state index contributed by atoms with van der Waals surface area (Å²) in [6.45, 7) is 0.537. The van der Waals surface area contributed by atoms with Crippen molar-refractivity contribution in [3.05, 3.63) is 63.3 Å². The number of carbonyl (C=O) groups is 1. The molecule has 1 N–H and O–H groups in total. The fourth-order valence-electron chi connectivity index (χ4n) is 1.63. The number of carbonyl (C=O) groups excluding carboxylic acids is 1. The van der Waals surface area contributed by atoms with E-state index < -0.39 is 0 Å². The molecule has 0 aliphatic carbocycles. The maximum absolute atomic E-state index is 11.8. The number of aromatic nitrogens is 1. The van der Waals surface area contributed by atoms with Crippen molar-refractivity contribution in [3.63, 3.8) is 0 Å². The van der Waals surface area contributed by atoms with E-state index in [1.165, 1.54) is 0 Å². The van der Waals surface area contributed by atoms with Crippen LogP contribution in [0.2, 0.25) is 5.02 Å². The molecular formula is C14H12BrClN2O. The van der Waals surface area contributed by atoms with Crippen LogP contribution in [-0.4, -0.2) is 17.4 Å². The van der Waals surface area contributed by atoms with E-state index >= 15 is 0 Å². The summed E-state index contributed by atoms with van der Waals surface area (Å²) in [5.41, 5.74) is 1.57. The Morgan fingerprint density at radius 3 is 2.89 bits per heavy atom. The molecule has 0 spiro atoms. The van der Waals surface area contributed by atoms with Crippen LogP contribution in [0.15, 0.2) is 47.2 Å². The summed E-state index contributed by atoms with van der Waals surface area (Å²) < 4.78 is 0.945. The highest BCUT2D eigenvalue weighted by molar-refractivity contribution is 9.10. The number of pyridine rings is 1. The van der Waals surface area contributed by atoms with Gasteiger partial charge in [0.2, 0.25) is 0 Å². The van der Waals surface area contributed by atoms with E-state index in [0.717, 1.165) is 10.0 Å². The largest absolute Gasteiger partial charge is 0.352 e. The number of amides is 1. The molecule has 98 valence electrons. The van der Waals surface area contributed by atoms with Gasteiger partial charge in [-0.25, -0.2) is 0 Å². The van der Waals surface area contributed by atoms with Crippen LogP contribution >= 0.6 is 27.5 Å². The summed E-state index contributed by atoms with van der Waals surface area (Å²) in [5.74, 6) is -0.124. The Morgan fingerprint density at radius 1 is 1.37 bits per heavy atom. The standard InChI is InChI=1S/C14H12BrClN2O/c15-12-4-3-10(13(16)8-12)5-7-18-14(19)11-2-1-6-17-9-11/h1-4,6,8-9H,5,7H2,(H,18,19). The molecule has 0 aliphatic rings. The molecule has 0 aliphatic heterocycles. The predicted octanol–water partition coefficient (Wildman–Crippen LogP) is 3.47. The van der Waals surface area contributed by atoms with E-state index in [-0.39, 0.29) is 5.91 Å². The van der Waals surface area contributed by atoms with Crippen LogP contribution in [0.3, 0.4) is 0 Å². The van der Waals surface area contributed by atoms with Crippen molar-refractivity contribution in [2.45, 2.75) is 6.42 Å². The summed E-state index contributed by atoms with van der Waals surface area (Å²) in [6.07, 6.45) is 3.87. The van der Waals surface area contributed by atoms with Gasteiger partial charge in [0.25, 0.3) is 5.91 Å². The minimum absolute atomic E-state index is 0.124. The maximum atomic E-state index is 11.8. The van der Waals surface area contributed by atoms with Crippen LogP contribution in [0.1, 0.15) is 15.9 Å². The van der Waals surface area contributed by atoms with E-state index in [1.807, 2.05) is 18.2 Å². The second kappa shape index (κ2) is 6.68. The van der Waals surface area contributed by atoms with Gasteiger partial charge in [-0.3, -0.25) is 9.78 Å². The highest BCUT2D eigenvalue weighted by Gasteiger charge is 2.05. The molecule has 5 heteroatoms. The normalized spacial score (nSPS) is 10.2. The summed E-state index contributed by atoms with van der Waals surface area (Å²) in [6, 6.07) is 9.20. The predicted molar refractivity (Wildman–Crippen MR) is 79.4 cm³/mol. The van der Waals surface area contributed by atoms with Crippen LogP contribution < -0.4 is 5.32 Å². The molecule has 0 atom stereocenters. The Balaban J connectivity index is 1.88. The number of rotatable bonds is 4. The maximum Gasteiger partial charge on any atom is 0.252 e. The van der Waals surface area contributed by atoms with Gasteiger partial charge in [-0.15, -0.1) is 0 Å². The number of hydrogen-bond acceptors (Lipinski definition) is 2. The first-order chi connectivity index (χ1) is 9.16. The molecule has 0 bridgehead atoms. The zero-order valence-electron chi connectivity index (χ0n) is 10.1. The van der Waals surface area contributed by atoms with Crippen LogP contribution in [0, 0.1) is 0 Å². The second-order valence-corrected chi connectivity index (χ2v) is 5.31. The topological polar surface area (TPSA) is 42.0 Å². The molecule has 0 unspecified atom stereocenters. The zero-order chi connectivity index (χ0) is 13.7. The lowest BCUT2D eigenvalue weighted by molar-refractivity contribution is 0.0954. The van der Waals surface area contributed by atoms with Gasteiger partial charge in [-0.05, 0) is 36.2 Å². The number of nitrogens with zero attached hydrogens (tertiary/aromatic N) is 1. The van der Waals surface area contributed by atoms with Crippen LogP contribution in [0.4, 0.5) is 0 Å². The first-order valence-corrected chi connectivity index (χ1v) is 6.96. The van der Waals surface area contributed by atoms with E-state index in [2.05, 4.69) is 26.2 Å². The fraction of sp³-hybridized carbons (Fsp3) is 0.143. The SMILES string of the molecule is O=C(NCCc1ccc(Br)cc1Cl)c1cccnc1. The van der Waals surface area contributed by atoms with E-state index in [1.54, 1.807) is 24.5 Å². The molecule has 2 aromatic rings. The average Bonchev–Trinajstić information content (AvgIpc) is 2.42. The summed E-state index contributed by atoms with van der Waals surface area (Å²) in [7, 11) is 0. The van der Waals surface area contributed by atoms with Gasteiger partial charge in [0.15, 0.2) is 0 Å². The third-order valence-corrected chi connectivity index (χ3v) is 3.46. The van der Waals surface area contributed by atoms with E-state index in [9.17, 15) is 4.79 Å². The molecule has 0 radical (unpaired) electrons. The molecule has 2 rings (SSSR count). The van der Waals surface area contributed by atoms with Crippen molar-refractivity contribution >= 4 is 33.4 Å². The third-order valence-electron chi connectivity index (χ3n) is 2.62. The van der Waals surface area contributed by atoms with Gasteiger partial charge < -0.3 is 5.32 Å². The van der Waals surface area contributed by atoms with Crippen LogP contribution in [-0.2, 0) is 6.42 Å². The van der Waals surface area contributed by atoms with Gasteiger partial charge in [-0.2, -0.15) is 0 Å². The van der Waals surface area contributed by atoms with E-state index in [4.69, 9.17) is 11.6 Å². The van der Waals surface area contributed by atoms with Crippen molar-refractivity contribution in [1.82, 2.24) is 10.3 Å². The van der Waals surface area contributed by atoms with Crippen molar-refractivity contribution in [3.8, 4) is 0 Å². The van der Waals surface area contributed by atoms with Crippen LogP contribution in [0.25, 0.3) is 0 Å². The molecule has 1 aromatic heterocycles. The summed E-state index contributed by atoms with van der Waals surface area (Å²) in [5, 5.41) is 3.54. The number of halogens is 2. The van der Waals surface area contributed by atoms with Crippen molar-refractivity contribution in [2.75, 3.05) is 6.54 Å². The zero-order valence-corrected chi connectivity index (χ0v) is 12.4. The average molecular weight is 340 g/mol. The molecule has 1 amide bonds. The van der Waals surface area contributed by atoms with Crippen molar-refractivity contribution < 1.29 is 4.79 Å². The van der Waals surface area contributed by atoms with Crippen molar-refractivity contribution in [2.24, 2.45) is 0 Å². The Hall–Kier alpha value is -1.39. The quantitative estimate of drug-likeness (QED) is 0.927. The Kier molecular flexibility index (Phi) is 4.93. The fourth-order valence-corrected chi connectivity index (χ4v) is 2.40. The number of benzene rings is 1. The molecule has 0 saturated heterocycles. The second-order valence-electron chi connectivity index (χ2n) is 3.98. The Morgan fingerprint density at radius 2 is 2.21 bits per heavy atom. The smallest absolute Gasteiger partial charge is 0.252 e. The van der Waals surface area contributed by atoms with Crippen molar-refractivity contribution in [1.29, 1.82) is 0 Å². The highest BCUT2D eigenvalue weighted by atomic mass is 79.9. The highest BCUT2D eigenvalue weighted by Crippen LogP contribution is 2.21.